The molecule has 1 rings (SSSR count). The second-order valence-electron chi connectivity index (χ2n) is 4.63. The largest absolute Gasteiger partial charge is 0.271 e. The normalized spacial score (nSPS) is 14.5. The summed E-state index contributed by atoms with van der Waals surface area (Å²) >= 11 is 0. The minimum absolute atomic E-state index is 0.179. The molecule has 3 N–H and O–H groups in total. The van der Waals surface area contributed by atoms with E-state index < -0.39 is 0 Å². The van der Waals surface area contributed by atoms with Gasteiger partial charge >= 0.3 is 0 Å². The van der Waals surface area contributed by atoms with Crippen molar-refractivity contribution in [3.63, 3.8) is 0 Å². The Hall–Kier alpha value is -0.930. The maximum absolute atomic E-state index is 5.65. The van der Waals surface area contributed by atoms with Crippen molar-refractivity contribution in [3.8, 4) is 0 Å². The lowest BCUT2D eigenvalue weighted by molar-refractivity contribution is 0.352. The van der Waals surface area contributed by atoms with Gasteiger partial charge < -0.3 is 0 Å². The van der Waals surface area contributed by atoms with Gasteiger partial charge in [0.1, 0.15) is 0 Å². The van der Waals surface area contributed by atoms with Crippen molar-refractivity contribution in [1.82, 2.24) is 10.4 Å². The molecule has 2 atom stereocenters. The molecule has 2 unspecified atom stereocenters. The van der Waals surface area contributed by atoms with Gasteiger partial charge in [-0.15, -0.1) is 0 Å². The minimum atomic E-state index is 0.179. The summed E-state index contributed by atoms with van der Waals surface area (Å²) in [5.41, 5.74) is 3.94. The fourth-order valence-corrected chi connectivity index (χ4v) is 2.17. The van der Waals surface area contributed by atoms with Crippen molar-refractivity contribution in [1.29, 1.82) is 0 Å². The van der Waals surface area contributed by atoms with E-state index in [2.05, 4.69) is 24.3 Å². The molecule has 0 amide bonds. The van der Waals surface area contributed by atoms with Crippen molar-refractivity contribution in [3.05, 3.63) is 30.1 Å². The van der Waals surface area contributed by atoms with Gasteiger partial charge in [0, 0.05) is 6.20 Å². The number of nitrogens with two attached hydrogens (primary N) is 1. The topological polar surface area (TPSA) is 50.9 Å². The Balaban J connectivity index is 2.56. The second-order valence-corrected chi connectivity index (χ2v) is 4.63. The van der Waals surface area contributed by atoms with E-state index in [1.54, 1.807) is 0 Å². The lowest BCUT2D eigenvalue weighted by Crippen LogP contribution is -2.30. The van der Waals surface area contributed by atoms with Crippen LogP contribution in [0.15, 0.2) is 24.4 Å². The number of unbranched alkanes of at least 4 members (excludes halogenated alkanes) is 1. The predicted octanol–water partition coefficient (Wildman–Crippen LogP) is 3.19. The SMILES string of the molecule is CCCCC(CC)CC(NN)c1ccccn1. The summed E-state index contributed by atoms with van der Waals surface area (Å²) in [6.45, 7) is 4.50. The molecule has 1 heterocycles. The molecule has 0 spiro atoms. The molecule has 96 valence electrons. The summed E-state index contributed by atoms with van der Waals surface area (Å²) in [5, 5.41) is 0. The number of hydrazine groups is 1. The Labute approximate surface area is 105 Å². The van der Waals surface area contributed by atoms with E-state index in [0.717, 1.165) is 18.0 Å². The highest BCUT2D eigenvalue weighted by Gasteiger charge is 2.16. The van der Waals surface area contributed by atoms with Crippen molar-refractivity contribution in [2.45, 2.75) is 52.0 Å². The number of rotatable bonds is 8. The van der Waals surface area contributed by atoms with Crippen molar-refractivity contribution in [2.24, 2.45) is 11.8 Å². The van der Waals surface area contributed by atoms with Gasteiger partial charge in [-0.05, 0) is 24.5 Å². The summed E-state index contributed by atoms with van der Waals surface area (Å²) < 4.78 is 0. The van der Waals surface area contributed by atoms with Crippen LogP contribution in [0.3, 0.4) is 0 Å². The number of pyridine rings is 1. The molecule has 0 fully saturated rings. The Kier molecular flexibility index (Phi) is 6.82. The lowest BCUT2D eigenvalue weighted by Gasteiger charge is -2.21. The highest BCUT2D eigenvalue weighted by molar-refractivity contribution is 5.08. The van der Waals surface area contributed by atoms with Gasteiger partial charge in [-0.3, -0.25) is 16.3 Å². The van der Waals surface area contributed by atoms with Crippen molar-refractivity contribution < 1.29 is 0 Å². The van der Waals surface area contributed by atoms with Gasteiger partial charge in [-0.2, -0.15) is 0 Å². The molecule has 0 aliphatic carbocycles. The first-order valence-electron chi connectivity index (χ1n) is 6.68. The molecule has 3 heteroatoms. The highest BCUT2D eigenvalue weighted by Crippen LogP contribution is 2.24. The predicted molar refractivity (Wildman–Crippen MR) is 72.2 cm³/mol. The van der Waals surface area contributed by atoms with Crippen LogP contribution in [-0.2, 0) is 0 Å². The standard InChI is InChI=1S/C14H25N3/c1-3-5-8-12(4-2)11-14(17-15)13-9-6-7-10-16-13/h6-7,9-10,12,14,17H,3-5,8,11,15H2,1-2H3. The van der Waals surface area contributed by atoms with E-state index in [9.17, 15) is 0 Å². The first kappa shape index (κ1) is 14.1. The van der Waals surface area contributed by atoms with Crippen LogP contribution in [-0.4, -0.2) is 4.98 Å². The molecule has 0 radical (unpaired) electrons. The zero-order chi connectivity index (χ0) is 12.5. The first-order chi connectivity index (χ1) is 8.31. The molecule has 1 aromatic rings. The Morgan fingerprint density at radius 3 is 2.71 bits per heavy atom. The Morgan fingerprint density at radius 2 is 2.18 bits per heavy atom. The van der Waals surface area contributed by atoms with E-state index in [1.165, 1.54) is 25.7 Å². The highest BCUT2D eigenvalue weighted by atomic mass is 15.2. The summed E-state index contributed by atoms with van der Waals surface area (Å²) in [5.74, 6) is 6.38. The van der Waals surface area contributed by atoms with Crippen LogP contribution >= 0.6 is 0 Å². The molecule has 3 nitrogen and oxygen atoms in total. The number of hydrogen-bond donors (Lipinski definition) is 2. The molecular weight excluding hydrogens is 210 g/mol. The van der Waals surface area contributed by atoms with Gasteiger partial charge in [0.05, 0.1) is 11.7 Å². The smallest absolute Gasteiger partial charge is 0.0634 e. The fourth-order valence-electron chi connectivity index (χ4n) is 2.17. The maximum Gasteiger partial charge on any atom is 0.0634 e. The lowest BCUT2D eigenvalue weighted by atomic mass is 9.91. The first-order valence-corrected chi connectivity index (χ1v) is 6.68. The van der Waals surface area contributed by atoms with E-state index in [1.807, 2.05) is 24.4 Å². The van der Waals surface area contributed by atoms with E-state index >= 15 is 0 Å². The van der Waals surface area contributed by atoms with Gasteiger partial charge in [0.25, 0.3) is 0 Å². The van der Waals surface area contributed by atoms with Crippen molar-refractivity contribution >= 4 is 0 Å². The third kappa shape index (κ3) is 4.84. The van der Waals surface area contributed by atoms with Crippen LogP contribution in [0.4, 0.5) is 0 Å². The quantitative estimate of drug-likeness (QED) is 0.537. The summed E-state index contributed by atoms with van der Waals surface area (Å²) in [6.07, 6.45) is 7.97. The summed E-state index contributed by atoms with van der Waals surface area (Å²) in [4.78, 5) is 4.38. The van der Waals surface area contributed by atoms with Gasteiger partial charge in [-0.1, -0.05) is 45.6 Å². The second kappa shape index (κ2) is 8.20. The molecular formula is C14H25N3. The molecule has 0 aliphatic rings. The summed E-state index contributed by atoms with van der Waals surface area (Å²) in [6, 6.07) is 6.17. The Bertz CT molecular complexity index is 287. The molecule has 0 bridgehead atoms. The fraction of sp³-hybridized carbons (Fsp3) is 0.643. The molecule has 1 aromatic heterocycles. The molecule has 0 saturated heterocycles. The number of hydrogen-bond acceptors (Lipinski definition) is 3. The Morgan fingerprint density at radius 1 is 1.35 bits per heavy atom. The molecule has 0 saturated carbocycles. The van der Waals surface area contributed by atoms with Crippen LogP contribution < -0.4 is 11.3 Å². The zero-order valence-corrected chi connectivity index (χ0v) is 11.0. The number of nitrogens with zero attached hydrogens (tertiary/aromatic N) is 1. The van der Waals surface area contributed by atoms with Gasteiger partial charge in [0.15, 0.2) is 0 Å². The third-order valence-corrected chi connectivity index (χ3v) is 3.36. The maximum atomic E-state index is 5.65. The molecule has 0 aromatic carbocycles. The molecule has 17 heavy (non-hydrogen) atoms. The summed E-state index contributed by atoms with van der Waals surface area (Å²) in [7, 11) is 0. The van der Waals surface area contributed by atoms with Crippen LogP contribution in [0.2, 0.25) is 0 Å². The van der Waals surface area contributed by atoms with E-state index in [-0.39, 0.29) is 6.04 Å². The monoisotopic (exact) mass is 235 g/mol. The van der Waals surface area contributed by atoms with Gasteiger partial charge in [-0.25, -0.2) is 0 Å². The van der Waals surface area contributed by atoms with Crippen LogP contribution in [0.25, 0.3) is 0 Å². The number of nitrogens with one attached hydrogen (secondary N) is 1. The average molecular weight is 235 g/mol. The van der Waals surface area contributed by atoms with Gasteiger partial charge in [0.2, 0.25) is 0 Å². The van der Waals surface area contributed by atoms with E-state index in [0.29, 0.717) is 0 Å². The molecule has 0 aliphatic heterocycles. The minimum Gasteiger partial charge on any atom is -0.271 e. The van der Waals surface area contributed by atoms with E-state index in [4.69, 9.17) is 5.84 Å². The average Bonchev–Trinajstić information content (AvgIpc) is 2.40. The van der Waals surface area contributed by atoms with Crippen LogP contribution in [0, 0.1) is 5.92 Å². The van der Waals surface area contributed by atoms with Crippen LogP contribution in [0.5, 0.6) is 0 Å². The zero-order valence-electron chi connectivity index (χ0n) is 11.0. The van der Waals surface area contributed by atoms with Crippen LogP contribution in [0.1, 0.15) is 57.7 Å². The van der Waals surface area contributed by atoms with Crippen molar-refractivity contribution in [2.75, 3.05) is 0 Å². The third-order valence-electron chi connectivity index (χ3n) is 3.36. The number of aromatic nitrogens is 1.